The molecular formula is C20H34N2O4. The molecule has 0 spiro atoms. The van der Waals surface area contributed by atoms with Gasteiger partial charge in [0.25, 0.3) is 0 Å². The highest BCUT2D eigenvalue weighted by molar-refractivity contribution is 5.65. The molecule has 0 saturated carbocycles. The molecular weight excluding hydrogens is 332 g/mol. The standard InChI is InChI=1S/C20H34N2O4/c1-3-4-5-6-7-8-9-13-22(20(23)24)16-17-10-11-18(26-14-12-21)19(15-17)25-2/h10-11,15H,3-9,12-14,16,21H2,1-2H3,(H,23,24). The second kappa shape index (κ2) is 13.3. The molecule has 3 N–H and O–H groups in total. The van der Waals surface area contributed by atoms with Gasteiger partial charge in [0.15, 0.2) is 11.5 Å². The van der Waals surface area contributed by atoms with E-state index in [1.165, 1.54) is 37.0 Å². The zero-order valence-corrected chi connectivity index (χ0v) is 16.2. The summed E-state index contributed by atoms with van der Waals surface area (Å²) in [5.41, 5.74) is 6.33. The quantitative estimate of drug-likeness (QED) is 0.480. The Morgan fingerprint density at radius 1 is 1.12 bits per heavy atom. The van der Waals surface area contributed by atoms with Gasteiger partial charge in [-0.2, -0.15) is 0 Å². The van der Waals surface area contributed by atoms with E-state index in [9.17, 15) is 9.90 Å². The Hall–Kier alpha value is -1.95. The molecule has 0 unspecified atom stereocenters. The Morgan fingerprint density at radius 3 is 2.42 bits per heavy atom. The maximum Gasteiger partial charge on any atom is 0.407 e. The third-order valence-electron chi connectivity index (χ3n) is 4.28. The number of hydrogen-bond donors (Lipinski definition) is 2. The summed E-state index contributed by atoms with van der Waals surface area (Å²) in [6.45, 7) is 3.94. The summed E-state index contributed by atoms with van der Waals surface area (Å²) in [5.74, 6) is 1.22. The average Bonchev–Trinajstić information content (AvgIpc) is 2.64. The van der Waals surface area contributed by atoms with Gasteiger partial charge in [-0.15, -0.1) is 0 Å². The minimum atomic E-state index is -0.890. The molecule has 0 aliphatic carbocycles. The lowest BCUT2D eigenvalue weighted by Gasteiger charge is -2.20. The van der Waals surface area contributed by atoms with Gasteiger partial charge in [0, 0.05) is 19.6 Å². The van der Waals surface area contributed by atoms with Crippen LogP contribution in [0.1, 0.15) is 57.4 Å². The van der Waals surface area contributed by atoms with Crippen LogP contribution in [-0.2, 0) is 6.54 Å². The molecule has 0 aromatic heterocycles. The van der Waals surface area contributed by atoms with Crippen molar-refractivity contribution >= 4 is 6.09 Å². The van der Waals surface area contributed by atoms with Crippen LogP contribution in [0.3, 0.4) is 0 Å². The number of benzene rings is 1. The number of ether oxygens (including phenoxy) is 2. The van der Waals surface area contributed by atoms with E-state index in [1.807, 2.05) is 12.1 Å². The van der Waals surface area contributed by atoms with Crippen LogP contribution in [0.4, 0.5) is 4.79 Å². The van der Waals surface area contributed by atoms with Crippen molar-refractivity contribution in [2.24, 2.45) is 5.73 Å². The van der Waals surface area contributed by atoms with Gasteiger partial charge in [0.2, 0.25) is 0 Å². The first-order chi connectivity index (χ1) is 12.6. The summed E-state index contributed by atoms with van der Waals surface area (Å²) in [4.78, 5) is 13.0. The van der Waals surface area contributed by atoms with Gasteiger partial charge >= 0.3 is 6.09 Å². The maximum atomic E-state index is 11.5. The van der Waals surface area contributed by atoms with Crippen molar-refractivity contribution in [3.8, 4) is 11.5 Å². The van der Waals surface area contributed by atoms with Gasteiger partial charge in [-0.05, 0) is 24.1 Å². The number of carbonyl (C=O) groups is 1. The van der Waals surface area contributed by atoms with Crippen molar-refractivity contribution in [2.45, 2.75) is 58.4 Å². The largest absolute Gasteiger partial charge is 0.493 e. The molecule has 0 aliphatic heterocycles. The summed E-state index contributed by atoms with van der Waals surface area (Å²) in [7, 11) is 1.57. The number of carboxylic acid groups (broad SMARTS) is 1. The molecule has 0 saturated heterocycles. The van der Waals surface area contributed by atoms with Crippen molar-refractivity contribution in [1.82, 2.24) is 4.90 Å². The number of unbranched alkanes of at least 4 members (excludes halogenated alkanes) is 6. The predicted octanol–water partition coefficient (Wildman–Crippen LogP) is 4.26. The number of methoxy groups -OCH3 is 1. The van der Waals surface area contributed by atoms with E-state index in [-0.39, 0.29) is 0 Å². The maximum absolute atomic E-state index is 11.5. The van der Waals surface area contributed by atoms with Crippen LogP contribution in [0, 0.1) is 0 Å². The summed E-state index contributed by atoms with van der Waals surface area (Å²) in [5, 5.41) is 9.46. The number of amides is 1. The first-order valence-corrected chi connectivity index (χ1v) is 9.60. The van der Waals surface area contributed by atoms with Gasteiger partial charge in [0.05, 0.1) is 7.11 Å². The van der Waals surface area contributed by atoms with Crippen LogP contribution < -0.4 is 15.2 Å². The molecule has 6 heteroatoms. The number of hydrogen-bond acceptors (Lipinski definition) is 4. The lowest BCUT2D eigenvalue weighted by molar-refractivity contribution is 0.141. The number of rotatable bonds is 14. The summed E-state index contributed by atoms with van der Waals surface area (Å²) < 4.78 is 10.9. The predicted molar refractivity (Wildman–Crippen MR) is 104 cm³/mol. The molecule has 0 fully saturated rings. The summed E-state index contributed by atoms with van der Waals surface area (Å²) in [6.07, 6.45) is 7.29. The molecule has 1 rings (SSSR count). The third kappa shape index (κ3) is 8.43. The molecule has 26 heavy (non-hydrogen) atoms. The van der Waals surface area contributed by atoms with Crippen LogP contribution in [0.5, 0.6) is 11.5 Å². The second-order valence-corrected chi connectivity index (χ2v) is 6.45. The minimum Gasteiger partial charge on any atom is -0.493 e. The van der Waals surface area contributed by atoms with Crippen molar-refractivity contribution in [1.29, 1.82) is 0 Å². The minimum absolute atomic E-state index is 0.346. The molecule has 1 amide bonds. The first-order valence-electron chi connectivity index (χ1n) is 9.60. The molecule has 6 nitrogen and oxygen atoms in total. The summed E-state index contributed by atoms with van der Waals surface area (Å²) >= 11 is 0. The molecule has 0 atom stereocenters. The van der Waals surface area contributed by atoms with E-state index >= 15 is 0 Å². The third-order valence-corrected chi connectivity index (χ3v) is 4.28. The van der Waals surface area contributed by atoms with E-state index in [4.69, 9.17) is 15.2 Å². The Labute approximate surface area is 157 Å². The van der Waals surface area contributed by atoms with Crippen LogP contribution in [-0.4, -0.2) is 42.9 Å². The van der Waals surface area contributed by atoms with Crippen molar-refractivity contribution in [3.05, 3.63) is 23.8 Å². The average molecular weight is 367 g/mol. The van der Waals surface area contributed by atoms with E-state index in [0.29, 0.717) is 37.7 Å². The van der Waals surface area contributed by atoms with Crippen LogP contribution in [0.25, 0.3) is 0 Å². The molecule has 148 valence electrons. The molecule has 1 aromatic rings. The Morgan fingerprint density at radius 2 is 1.81 bits per heavy atom. The van der Waals surface area contributed by atoms with Gasteiger partial charge in [-0.25, -0.2) is 4.79 Å². The van der Waals surface area contributed by atoms with Crippen LogP contribution >= 0.6 is 0 Å². The lowest BCUT2D eigenvalue weighted by atomic mass is 10.1. The zero-order valence-electron chi connectivity index (χ0n) is 16.2. The first kappa shape index (κ1) is 22.1. The van der Waals surface area contributed by atoms with E-state index in [1.54, 1.807) is 13.2 Å². The van der Waals surface area contributed by atoms with Crippen LogP contribution in [0.15, 0.2) is 18.2 Å². The zero-order chi connectivity index (χ0) is 19.2. The highest BCUT2D eigenvalue weighted by Crippen LogP contribution is 2.28. The molecule has 1 aromatic carbocycles. The fourth-order valence-corrected chi connectivity index (χ4v) is 2.82. The fraction of sp³-hybridized carbons (Fsp3) is 0.650. The van der Waals surface area contributed by atoms with Crippen molar-refractivity contribution < 1.29 is 19.4 Å². The fourth-order valence-electron chi connectivity index (χ4n) is 2.82. The molecule has 0 radical (unpaired) electrons. The summed E-state index contributed by atoms with van der Waals surface area (Å²) in [6, 6.07) is 5.50. The molecule has 0 bridgehead atoms. The lowest BCUT2D eigenvalue weighted by Crippen LogP contribution is -2.29. The van der Waals surface area contributed by atoms with E-state index in [0.717, 1.165) is 18.4 Å². The van der Waals surface area contributed by atoms with E-state index in [2.05, 4.69) is 6.92 Å². The van der Waals surface area contributed by atoms with Gasteiger partial charge in [0.1, 0.15) is 6.61 Å². The van der Waals surface area contributed by atoms with Crippen molar-refractivity contribution in [3.63, 3.8) is 0 Å². The number of nitrogens with zero attached hydrogens (tertiary/aromatic N) is 1. The highest BCUT2D eigenvalue weighted by atomic mass is 16.5. The van der Waals surface area contributed by atoms with Gasteiger partial charge in [-0.1, -0.05) is 51.5 Å². The van der Waals surface area contributed by atoms with Crippen LogP contribution in [0.2, 0.25) is 0 Å². The van der Waals surface area contributed by atoms with E-state index < -0.39 is 6.09 Å². The topological polar surface area (TPSA) is 85.0 Å². The SMILES string of the molecule is CCCCCCCCCN(Cc1ccc(OCCN)c(OC)c1)C(=O)O. The Kier molecular flexibility index (Phi) is 11.3. The van der Waals surface area contributed by atoms with Crippen molar-refractivity contribution in [2.75, 3.05) is 26.8 Å². The normalized spacial score (nSPS) is 10.6. The molecule has 0 aliphatic rings. The monoisotopic (exact) mass is 366 g/mol. The second-order valence-electron chi connectivity index (χ2n) is 6.45. The van der Waals surface area contributed by atoms with Gasteiger partial charge < -0.3 is 25.2 Å². The number of nitrogens with two attached hydrogens (primary N) is 1. The highest BCUT2D eigenvalue weighted by Gasteiger charge is 2.14. The molecule has 0 heterocycles. The smallest absolute Gasteiger partial charge is 0.407 e. The Bertz CT molecular complexity index is 523. The van der Waals surface area contributed by atoms with Gasteiger partial charge in [-0.3, -0.25) is 0 Å². The Balaban J connectivity index is 2.52.